The summed E-state index contributed by atoms with van der Waals surface area (Å²) < 4.78 is 7.06. The Morgan fingerprint density at radius 3 is 2.15 bits per heavy atom. The lowest BCUT2D eigenvalue weighted by molar-refractivity contribution is -0.161. The Bertz CT molecular complexity index is 1060. The zero-order valence-electron chi connectivity index (χ0n) is 19.8. The van der Waals surface area contributed by atoms with Crippen LogP contribution < -0.4 is 10.4 Å². The molecule has 4 aliphatic heterocycles. The van der Waals surface area contributed by atoms with Crippen molar-refractivity contribution in [3.8, 4) is 0 Å². The number of benzene rings is 2. The van der Waals surface area contributed by atoms with Crippen LogP contribution in [-0.4, -0.2) is 71.1 Å². The monoisotopic (exact) mass is 514 g/mol. The number of amides is 2. The van der Waals surface area contributed by atoms with Crippen LogP contribution in [0.2, 0.25) is 5.04 Å². The second-order valence-corrected chi connectivity index (χ2v) is 17.0. The van der Waals surface area contributed by atoms with E-state index >= 15 is 0 Å². The molecule has 0 unspecified atom stereocenters. The summed E-state index contributed by atoms with van der Waals surface area (Å²) in [5.74, 6) is -0.306. The van der Waals surface area contributed by atoms with Gasteiger partial charge in [0.1, 0.15) is 0 Å². The van der Waals surface area contributed by atoms with Crippen molar-refractivity contribution in [3.63, 3.8) is 0 Å². The second-order valence-electron chi connectivity index (χ2n) is 10.2. The summed E-state index contributed by atoms with van der Waals surface area (Å²) in [7, 11) is 1.54. The average molecular weight is 515 g/mol. The second kappa shape index (κ2) is 8.41. The molecule has 180 valence electrons. The van der Waals surface area contributed by atoms with Crippen LogP contribution in [0.5, 0.6) is 0 Å². The molecule has 4 heterocycles. The first-order valence-corrected chi connectivity index (χ1v) is 15.6. The number of carbonyl (C=O) groups is 2. The van der Waals surface area contributed by atoms with Gasteiger partial charge in [0.05, 0.1) is 18.8 Å². The van der Waals surface area contributed by atoms with Crippen molar-refractivity contribution in [2.75, 3.05) is 13.7 Å². The predicted octanol–water partition coefficient (Wildman–Crippen LogP) is 2.41. The number of carbonyl (C=O) groups excluding carboxylic acids is 2. The van der Waals surface area contributed by atoms with Gasteiger partial charge in [-0.15, -0.1) is 0 Å². The first-order chi connectivity index (χ1) is 16.1. The molecule has 0 aromatic heterocycles. The summed E-state index contributed by atoms with van der Waals surface area (Å²) in [6.07, 6.45) is -0.609. The van der Waals surface area contributed by atoms with Crippen LogP contribution >= 0.6 is 21.6 Å². The maximum absolute atomic E-state index is 13.4. The number of rotatable bonds is 5. The van der Waals surface area contributed by atoms with E-state index in [0.717, 1.165) is 10.4 Å². The lowest BCUT2D eigenvalue weighted by Crippen LogP contribution is -2.73. The van der Waals surface area contributed by atoms with E-state index in [0.29, 0.717) is 6.42 Å². The average Bonchev–Trinajstić information content (AvgIpc) is 3.11. The van der Waals surface area contributed by atoms with Crippen molar-refractivity contribution in [1.82, 2.24) is 9.80 Å². The van der Waals surface area contributed by atoms with Gasteiger partial charge in [-0.25, -0.2) is 0 Å². The molecule has 6 nitrogen and oxygen atoms in total. The number of fused-ring (bicyclic) bond motifs is 2. The van der Waals surface area contributed by atoms with Crippen LogP contribution in [0.3, 0.4) is 0 Å². The van der Waals surface area contributed by atoms with Gasteiger partial charge in [0, 0.05) is 7.05 Å². The number of nitrogens with zero attached hydrogens (tertiary/aromatic N) is 2. The number of piperazine rings is 1. The molecule has 4 fully saturated rings. The molecule has 6 rings (SSSR count). The van der Waals surface area contributed by atoms with Gasteiger partial charge in [-0.05, 0) is 32.6 Å². The highest BCUT2D eigenvalue weighted by Gasteiger charge is 2.70. The number of aliphatic hydroxyl groups excluding tert-OH is 1. The standard InChI is InChI=1S/C25H30N2O4S2Si/c1-24(2,3)34(18-11-7-5-8-12-18,19-13-9-6-10-14-19)31-16-17-15-20(28)25-23(30)26(4)22(32-33-25)21(29)27(17)25/h5-14,17,20,22,28H,15-16H2,1-4H3/t17-,20+,22-,25-/m1/s1. The summed E-state index contributed by atoms with van der Waals surface area (Å²) in [5, 5.41) is 12.6. The molecular weight excluding hydrogens is 485 g/mol. The third-order valence-electron chi connectivity index (χ3n) is 7.27. The highest BCUT2D eigenvalue weighted by atomic mass is 33.1. The van der Waals surface area contributed by atoms with Crippen molar-refractivity contribution < 1.29 is 19.1 Å². The summed E-state index contributed by atoms with van der Waals surface area (Å²) in [4.78, 5) is 28.4. The maximum Gasteiger partial charge on any atom is 0.263 e. The van der Waals surface area contributed by atoms with Gasteiger partial charge >= 0.3 is 0 Å². The van der Waals surface area contributed by atoms with Gasteiger partial charge in [-0.3, -0.25) is 9.59 Å². The van der Waals surface area contributed by atoms with Gasteiger partial charge in [-0.1, -0.05) is 92.2 Å². The molecule has 4 saturated heterocycles. The Balaban J connectivity index is 1.54. The fourth-order valence-electron chi connectivity index (χ4n) is 5.67. The Hall–Kier alpha value is -1.78. The van der Waals surface area contributed by atoms with Gasteiger partial charge in [-0.2, -0.15) is 0 Å². The van der Waals surface area contributed by atoms with Crippen molar-refractivity contribution in [3.05, 3.63) is 60.7 Å². The molecule has 1 N–H and O–H groups in total. The van der Waals surface area contributed by atoms with E-state index < -0.39 is 24.7 Å². The van der Waals surface area contributed by atoms with E-state index in [-0.39, 0.29) is 29.5 Å². The van der Waals surface area contributed by atoms with Crippen molar-refractivity contribution in [2.24, 2.45) is 0 Å². The van der Waals surface area contributed by atoms with Crippen LogP contribution in [0.1, 0.15) is 27.2 Å². The molecule has 34 heavy (non-hydrogen) atoms. The minimum Gasteiger partial charge on any atom is -0.405 e. The summed E-state index contributed by atoms with van der Waals surface area (Å²) in [6, 6.07) is 20.3. The highest BCUT2D eigenvalue weighted by Crippen LogP contribution is 2.59. The van der Waals surface area contributed by atoms with Gasteiger partial charge in [0.25, 0.3) is 20.1 Å². The van der Waals surface area contributed by atoms with Crippen LogP contribution in [0.25, 0.3) is 0 Å². The molecule has 9 heteroatoms. The normalized spacial score (nSPS) is 29.0. The molecule has 0 radical (unpaired) electrons. The van der Waals surface area contributed by atoms with Crippen LogP contribution in [0, 0.1) is 0 Å². The minimum absolute atomic E-state index is 0.113. The zero-order chi connectivity index (χ0) is 24.3. The molecule has 2 amide bonds. The number of likely N-dealkylation sites (N-methyl/N-ethyl adjacent to an activating group) is 1. The van der Waals surface area contributed by atoms with E-state index in [1.54, 1.807) is 11.9 Å². The van der Waals surface area contributed by atoms with Gasteiger partial charge in [0.15, 0.2) is 5.37 Å². The first kappa shape index (κ1) is 23.9. The molecule has 2 aromatic rings. The highest BCUT2D eigenvalue weighted by molar-refractivity contribution is 8.78. The summed E-state index contributed by atoms with van der Waals surface area (Å²) in [6.45, 7) is 6.91. The molecule has 4 atom stereocenters. The van der Waals surface area contributed by atoms with E-state index in [1.165, 1.54) is 26.5 Å². The fourth-order valence-corrected chi connectivity index (χ4v) is 13.8. The Morgan fingerprint density at radius 1 is 1.06 bits per heavy atom. The SMILES string of the molecule is CN1C(=O)[C@@]23SS[C@@H]1C(=O)N2[C@@H](CO[Si](c1ccccc1)(c1ccccc1)C(C)(C)C)C[C@@H]3O. The number of hydrogen-bond donors (Lipinski definition) is 1. The van der Waals surface area contributed by atoms with Crippen molar-refractivity contribution in [2.45, 2.75) is 54.6 Å². The third kappa shape index (κ3) is 3.24. The molecule has 4 aliphatic rings. The molecular formula is C25H30N2O4S2Si. The quantitative estimate of drug-likeness (QED) is 0.488. The summed E-state index contributed by atoms with van der Waals surface area (Å²) >= 11 is 0. The molecule has 2 bridgehead atoms. The molecule has 0 saturated carbocycles. The van der Waals surface area contributed by atoms with Crippen LogP contribution in [0.15, 0.2) is 60.7 Å². The zero-order valence-corrected chi connectivity index (χ0v) is 22.4. The molecule has 0 aliphatic carbocycles. The number of aliphatic hydroxyl groups is 1. The third-order valence-corrected chi connectivity index (χ3v) is 15.6. The van der Waals surface area contributed by atoms with Gasteiger partial charge < -0.3 is 19.3 Å². The lowest BCUT2D eigenvalue weighted by Gasteiger charge is -2.53. The fraction of sp³-hybridized carbons (Fsp3) is 0.440. The maximum atomic E-state index is 13.4. The Labute approximate surface area is 209 Å². The number of hydrogen-bond acceptors (Lipinski definition) is 6. The topological polar surface area (TPSA) is 70.1 Å². The van der Waals surface area contributed by atoms with Gasteiger partial charge in [0.2, 0.25) is 4.87 Å². The first-order valence-electron chi connectivity index (χ1n) is 11.5. The van der Waals surface area contributed by atoms with Crippen molar-refractivity contribution in [1.29, 1.82) is 0 Å². The van der Waals surface area contributed by atoms with E-state index in [2.05, 4.69) is 45.0 Å². The lowest BCUT2D eigenvalue weighted by atomic mass is 10.1. The minimum atomic E-state index is -2.80. The van der Waals surface area contributed by atoms with E-state index in [4.69, 9.17) is 4.43 Å². The van der Waals surface area contributed by atoms with E-state index in [9.17, 15) is 14.7 Å². The largest absolute Gasteiger partial charge is 0.405 e. The Kier molecular flexibility index (Phi) is 5.92. The van der Waals surface area contributed by atoms with Crippen LogP contribution in [-0.2, 0) is 14.0 Å². The van der Waals surface area contributed by atoms with Crippen LogP contribution in [0.4, 0.5) is 0 Å². The predicted molar refractivity (Wildman–Crippen MR) is 139 cm³/mol. The van der Waals surface area contributed by atoms with E-state index in [1.807, 2.05) is 36.4 Å². The smallest absolute Gasteiger partial charge is 0.263 e. The molecule has 1 spiro atoms. The molecule has 2 aromatic carbocycles. The Morgan fingerprint density at radius 2 is 1.62 bits per heavy atom. The summed E-state index contributed by atoms with van der Waals surface area (Å²) in [5.41, 5.74) is 0. The van der Waals surface area contributed by atoms with Crippen molar-refractivity contribution >= 4 is 52.1 Å².